The number of ether oxygens (including phenoxy) is 1. The molecule has 0 aromatic heterocycles. The Hall–Kier alpha value is -0.610. The Morgan fingerprint density at radius 2 is 2.20 bits per heavy atom. The molecule has 1 unspecified atom stereocenters. The summed E-state index contributed by atoms with van der Waals surface area (Å²) in [5.41, 5.74) is 4.99. The molecular weight excluding hydrogens is 158 g/mol. The fraction of sp³-hybridized carbons (Fsp3) is 0.600. The second-order valence-corrected chi connectivity index (χ2v) is 1.91. The summed E-state index contributed by atoms with van der Waals surface area (Å²) in [4.78, 5) is 20.7. The van der Waals surface area contributed by atoms with Gasteiger partial charge in [-0.2, -0.15) is 0 Å². The van der Waals surface area contributed by atoms with Crippen LogP contribution in [0.4, 0.5) is 0 Å². The smallest absolute Gasteiger partial charge is 0.332 e. The predicted octanol–water partition coefficient (Wildman–Crippen LogP) is -0.358. The van der Waals surface area contributed by atoms with Gasteiger partial charge in [0.25, 0.3) is 0 Å². The van der Waals surface area contributed by atoms with E-state index in [-0.39, 0.29) is 6.61 Å². The lowest BCUT2D eigenvalue weighted by Gasteiger charge is -2.03. The van der Waals surface area contributed by atoms with Crippen molar-refractivity contribution in [1.29, 1.82) is 0 Å². The van der Waals surface area contributed by atoms with Crippen molar-refractivity contribution in [2.45, 2.75) is 13.0 Å². The molecule has 0 fully saturated rings. The summed E-state index contributed by atoms with van der Waals surface area (Å²) in [5, 5.41) is -0.904. The van der Waals surface area contributed by atoms with E-state index in [1.165, 1.54) is 0 Å². The molecule has 0 saturated carbocycles. The van der Waals surface area contributed by atoms with Crippen molar-refractivity contribution in [3.8, 4) is 0 Å². The number of hydrogen-bond donors (Lipinski definition) is 1. The lowest BCUT2D eigenvalue weighted by Crippen LogP contribution is -2.37. The van der Waals surface area contributed by atoms with Gasteiger partial charge in [-0.1, -0.05) is 0 Å². The Morgan fingerprint density at radius 1 is 1.70 bits per heavy atom. The lowest BCUT2D eigenvalue weighted by atomic mass is 10.4. The van der Waals surface area contributed by atoms with Crippen LogP contribution in [0.25, 0.3) is 0 Å². The highest BCUT2D eigenvalue weighted by Crippen LogP contribution is 1.90. The summed E-state index contributed by atoms with van der Waals surface area (Å²) >= 11 is 4.89. The predicted molar refractivity (Wildman–Crippen MR) is 35.5 cm³/mol. The Bertz CT molecular complexity index is 148. The zero-order valence-electron chi connectivity index (χ0n) is 5.46. The van der Waals surface area contributed by atoms with Gasteiger partial charge in [0.1, 0.15) is 0 Å². The number of hydrogen-bond acceptors (Lipinski definition) is 4. The molecule has 0 amide bonds. The first-order valence-corrected chi connectivity index (χ1v) is 3.09. The van der Waals surface area contributed by atoms with Gasteiger partial charge >= 0.3 is 5.97 Å². The van der Waals surface area contributed by atoms with Gasteiger partial charge in [-0.3, -0.25) is 4.79 Å². The highest BCUT2D eigenvalue weighted by atomic mass is 35.5. The van der Waals surface area contributed by atoms with Crippen molar-refractivity contribution < 1.29 is 14.3 Å². The van der Waals surface area contributed by atoms with E-state index < -0.39 is 17.3 Å². The van der Waals surface area contributed by atoms with Crippen LogP contribution < -0.4 is 5.73 Å². The van der Waals surface area contributed by atoms with Gasteiger partial charge in [0, 0.05) is 0 Å². The van der Waals surface area contributed by atoms with Crippen LogP contribution in [0.5, 0.6) is 0 Å². The van der Waals surface area contributed by atoms with E-state index >= 15 is 0 Å². The molecule has 0 aliphatic heterocycles. The summed E-state index contributed by atoms with van der Waals surface area (Å²) in [6.07, 6.45) is 0. The fourth-order valence-corrected chi connectivity index (χ4v) is 0.414. The second-order valence-electron chi connectivity index (χ2n) is 1.53. The van der Waals surface area contributed by atoms with Crippen LogP contribution in [0.1, 0.15) is 6.92 Å². The van der Waals surface area contributed by atoms with Crippen molar-refractivity contribution in [1.82, 2.24) is 0 Å². The molecule has 0 aliphatic rings. The van der Waals surface area contributed by atoms with Crippen molar-refractivity contribution in [2.75, 3.05) is 6.61 Å². The van der Waals surface area contributed by atoms with Crippen molar-refractivity contribution in [3.63, 3.8) is 0 Å². The minimum Gasteiger partial charge on any atom is -0.464 e. The molecule has 10 heavy (non-hydrogen) atoms. The molecule has 58 valence electrons. The third-order valence-electron chi connectivity index (χ3n) is 0.785. The van der Waals surface area contributed by atoms with E-state index in [4.69, 9.17) is 17.3 Å². The maximum absolute atomic E-state index is 10.5. The zero-order valence-corrected chi connectivity index (χ0v) is 6.22. The summed E-state index contributed by atoms with van der Waals surface area (Å²) in [6.45, 7) is 1.81. The van der Waals surface area contributed by atoms with Crippen LogP contribution >= 0.6 is 11.6 Å². The van der Waals surface area contributed by atoms with Gasteiger partial charge in [-0.25, -0.2) is 4.79 Å². The summed E-state index contributed by atoms with van der Waals surface area (Å²) < 4.78 is 4.40. The molecule has 0 spiro atoms. The fourth-order valence-electron chi connectivity index (χ4n) is 0.325. The monoisotopic (exact) mass is 165 g/mol. The molecule has 0 radical (unpaired) electrons. The Kier molecular flexibility index (Phi) is 3.99. The minimum atomic E-state index is -1.35. The summed E-state index contributed by atoms with van der Waals surface area (Å²) in [5.74, 6) is -0.789. The molecule has 1 atom stereocenters. The molecule has 0 bridgehead atoms. The average molecular weight is 166 g/mol. The second kappa shape index (κ2) is 4.24. The highest BCUT2D eigenvalue weighted by Gasteiger charge is 2.20. The minimum absolute atomic E-state index is 0.191. The van der Waals surface area contributed by atoms with Crippen molar-refractivity contribution >= 4 is 22.8 Å². The number of esters is 1. The standard InChI is InChI=1S/C5H8ClNO3/c1-2-10-5(9)3(7)4(6)8/h3H,2,7H2,1H3. The molecule has 0 aliphatic carbocycles. The third kappa shape index (κ3) is 2.80. The largest absolute Gasteiger partial charge is 0.464 e. The first-order chi connectivity index (χ1) is 4.59. The van der Waals surface area contributed by atoms with Crippen molar-refractivity contribution in [2.24, 2.45) is 5.73 Å². The molecule has 4 nitrogen and oxygen atoms in total. The van der Waals surface area contributed by atoms with E-state index in [9.17, 15) is 9.59 Å². The quantitative estimate of drug-likeness (QED) is 0.352. The molecule has 2 N–H and O–H groups in total. The lowest BCUT2D eigenvalue weighted by molar-refractivity contribution is -0.146. The average Bonchev–Trinajstić information content (AvgIpc) is 1.87. The SMILES string of the molecule is CCOC(=O)C(N)C(=O)Cl. The number of nitrogens with two attached hydrogens (primary N) is 1. The molecule has 0 aromatic rings. The zero-order chi connectivity index (χ0) is 8.15. The Balaban J connectivity index is 3.82. The van der Waals surface area contributed by atoms with Gasteiger partial charge in [0.15, 0.2) is 6.04 Å². The number of carbonyl (C=O) groups excluding carboxylic acids is 2. The molecule has 0 rings (SSSR count). The number of carbonyl (C=O) groups is 2. The van der Waals surface area contributed by atoms with Gasteiger partial charge in [0.2, 0.25) is 5.24 Å². The van der Waals surface area contributed by atoms with E-state index in [0.29, 0.717) is 0 Å². The first kappa shape index (κ1) is 9.39. The van der Waals surface area contributed by atoms with E-state index in [2.05, 4.69) is 4.74 Å². The Morgan fingerprint density at radius 3 is 2.50 bits per heavy atom. The summed E-state index contributed by atoms with van der Waals surface area (Å²) in [7, 11) is 0. The first-order valence-electron chi connectivity index (χ1n) is 2.71. The molecule has 0 saturated heterocycles. The van der Waals surface area contributed by atoms with Gasteiger partial charge in [0.05, 0.1) is 6.61 Å². The van der Waals surface area contributed by atoms with E-state index in [1.807, 2.05) is 0 Å². The van der Waals surface area contributed by atoms with Crippen LogP contribution in [0.2, 0.25) is 0 Å². The molecular formula is C5H8ClNO3. The maximum atomic E-state index is 10.5. The van der Waals surface area contributed by atoms with Crippen LogP contribution in [0.3, 0.4) is 0 Å². The van der Waals surface area contributed by atoms with Crippen LogP contribution in [0.15, 0.2) is 0 Å². The third-order valence-corrected chi connectivity index (χ3v) is 1.02. The molecule has 0 aromatic carbocycles. The van der Waals surface area contributed by atoms with Crippen LogP contribution in [-0.2, 0) is 14.3 Å². The Labute approximate surface area is 63.3 Å². The van der Waals surface area contributed by atoms with Crippen LogP contribution in [0, 0.1) is 0 Å². The van der Waals surface area contributed by atoms with Crippen LogP contribution in [-0.4, -0.2) is 23.9 Å². The van der Waals surface area contributed by atoms with Gasteiger partial charge < -0.3 is 10.5 Å². The van der Waals surface area contributed by atoms with E-state index in [0.717, 1.165) is 0 Å². The van der Waals surface area contributed by atoms with Crippen molar-refractivity contribution in [3.05, 3.63) is 0 Å². The summed E-state index contributed by atoms with van der Waals surface area (Å²) in [6, 6.07) is -1.35. The normalized spacial score (nSPS) is 12.3. The number of halogens is 1. The molecule has 5 heteroatoms. The molecule has 0 heterocycles. The maximum Gasteiger partial charge on any atom is 0.332 e. The highest BCUT2D eigenvalue weighted by molar-refractivity contribution is 6.66. The number of rotatable bonds is 3. The van der Waals surface area contributed by atoms with E-state index in [1.54, 1.807) is 6.92 Å². The van der Waals surface area contributed by atoms with Gasteiger partial charge in [-0.15, -0.1) is 0 Å². The van der Waals surface area contributed by atoms with Gasteiger partial charge in [-0.05, 0) is 18.5 Å². The topological polar surface area (TPSA) is 69.4 Å².